The fourth-order valence-corrected chi connectivity index (χ4v) is 3.16. The molecule has 4 N–H and O–H groups in total. The van der Waals surface area contributed by atoms with Crippen molar-refractivity contribution in [1.29, 1.82) is 0 Å². The number of nitrogen functional groups attached to an aromatic ring is 1. The molecule has 0 aliphatic rings. The van der Waals surface area contributed by atoms with Crippen molar-refractivity contribution in [3.63, 3.8) is 0 Å². The van der Waals surface area contributed by atoms with Crippen LogP contribution in [-0.2, 0) is 23.9 Å². The molecule has 0 saturated heterocycles. The Morgan fingerprint density at radius 1 is 0.875 bits per heavy atom. The third-order valence-corrected chi connectivity index (χ3v) is 4.93. The van der Waals surface area contributed by atoms with Crippen molar-refractivity contribution in [2.45, 2.75) is 32.0 Å². The zero-order valence-corrected chi connectivity index (χ0v) is 17.2. The Labute approximate surface area is 183 Å². The third kappa shape index (κ3) is 6.23. The average Bonchev–Trinajstić information content (AvgIpc) is 2.77. The molecule has 3 aromatic carbocycles. The van der Waals surface area contributed by atoms with Gasteiger partial charge in [0.2, 0.25) is 5.91 Å². The van der Waals surface area contributed by atoms with Crippen LogP contribution in [0.15, 0.2) is 66.7 Å². The summed E-state index contributed by atoms with van der Waals surface area (Å²) in [7, 11) is 0. The Kier molecular flexibility index (Phi) is 7.35. The van der Waals surface area contributed by atoms with Crippen LogP contribution in [0.4, 0.5) is 34.6 Å². The SMILES string of the molecule is Nc1c(NC(=O)CCCc2ccccc2)ccc(NCc2ccc(C(F)(F)F)cc2)c1F. The zero-order chi connectivity index (χ0) is 23.1. The Hall–Kier alpha value is -3.55. The third-order valence-electron chi connectivity index (χ3n) is 4.93. The summed E-state index contributed by atoms with van der Waals surface area (Å²) in [6, 6.07) is 17.3. The number of amides is 1. The lowest BCUT2D eigenvalue weighted by Crippen LogP contribution is -2.14. The lowest BCUT2D eigenvalue weighted by Gasteiger charge is -2.14. The Morgan fingerprint density at radius 2 is 1.53 bits per heavy atom. The van der Waals surface area contributed by atoms with Gasteiger partial charge in [0.1, 0.15) is 0 Å². The molecule has 0 heterocycles. The van der Waals surface area contributed by atoms with Crippen LogP contribution in [0.5, 0.6) is 0 Å². The Bertz CT molecular complexity index is 1050. The maximum Gasteiger partial charge on any atom is 0.416 e. The topological polar surface area (TPSA) is 67.1 Å². The molecular weight excluding hydrogens is 422 g/mol. The van der Waals surface area contributed by atoms with Gasteiger partial charge in [-0.05, 0) is 48.2 Å². The first kappa shape index (κ1) is 23.1. The van der Waals surface area contributed by atoms with Crippen molar-refractivity contribution < 1.29 is 22.4 Å². The monoisotopic (exact) mass is 445 g/mol. The van der Waals surface area contributed by atoms with E-state index in [0.717, 1.165) is 24.1 Å². The first-order chi connectivity index (χ1) is 15.2. The van der Waals surface area contributed by atoms with Crippen molar-refractivity contribution in [3.8, 4) is 0 Å². The smallest absolute Gasteiger partial charge is 0.395 e. The fourth-order valence-electron chi connectivity index (χ4n) is 3.16. The summed E-state index contributed by atoms with van der Waals surface area (Å²) in [5, 5.41) is 5.43. The van der Waals surface area contributed by atoms with Gasteiger partial charge < -0.3 is 16.4 Å². The summed E-state index contributed by atoms with van der Waals surface area (Å²) in [6.07, 6.45) is -2.74. The van der Waals surface area contributed by atoms with Gasteiger partial charge in [0.25, 0.3) is 0 Å². The van der Waals surface area contributed by atoms with E-state index in [2.05, 4.69) is 10.6 Å². The number of benzene rings is 3. The van der Waals surface area contributed by atoms with Gasteiger partial charge in [-0.1, -0.05) is 42.5 Å². The minimum atomic E-state index is -4.41. The van der Waals surface area contributed by atoms with E-state index in [-0.39, 0.29) is 35.9 Å². The van der Waals surface area contributed by atoms with Gasteiger partial charge in [-0.3, -0.25) is 4.79 Å². The molecule has 32 heavy (non-hydrogen) atoms. The summed E-state index contributed by atoms with van der Waals surface area (Å²) in [5.41, 5.74) is 6.82. The van der Waals surface area contributed by atoms with Gasteiger partial charge in [0, 0.05) is 13.0 Å². The second-order valence-corrected chi connectivity index (χ2v) is 7.32. The second-order valence-electron chi connectivity index (χ2n) is 7.32. The van der Waals surface area contributed by atoms with E-state index in [1.165, 1.54) is 24.3 Å². The molecule has 168 valence electrons. The highest BCUT2D eigenvalue weighted by atomic mass is 19.4. The van der Waals surface area contributed by atoms with E-state index in [1.54, 1.807) is 0 Å². The lowest BCUT2D eigenvalue weighted by molar-refractivity contribution is -0.137. The molecule has 3 aromatic rings. The number of nitrogens with one attached hydrogen (secondary N) is 2. The molecule has 0 atom stereocenters. The second kappa shape index (κ2) is 10.2. The minimum Gasteiger partial charge on any atom is -0.395 e. The van der Waals surface area contributed by atoms with Crippen LogP contribution in [0.2, 0.25) is 0 Å². The summed E-state index contributed by atoms with van der Waals surface area (Å²) in [5.74, 6) is -1.00. The van der Waals surface area contributed by atoms with Crippen LogP contribution >= 0.6 is 0 Å². The number of halogens is 4. The number of hydrogen-bond acceptors (Lipinski definition) is 3. The molecule has 4 nitrogen and oxygen atoms in total. The normalized spacial score (nSPS) is 11.2. The van der Waals surface area contributed by atoms with Gasteiger partial charge in [-0.2, -0.15) is 13.2 Å². The van der Waals surface area contributed by atoms with Crippen LogP contribution in [0.3, 0.4) is 0 Å². The van der Waals surface area contributed by atoms with Crippen molar-refractivity contribution in [1.82, 2.24) is 0 Å². The largest absolute Gasteiger partial charge is 0.416 e. The predicted molar refractivity (Wildman–Crippen MR) is 118 cm³/mol. The first-order valence-electron chi connectivity index (χ1n) is 10.1. The van der Waals surface area contributed by atoms with Gasteiger partial charge in [-0.25, -0.2) is 4.39 Å². The molecule has 1 amide bonds. The number of carbonyl (C=O) groups excluding carboxylic acids is 1. The van der Waals surface area contributed by atoms with Crippen molar-refractivity contribution >= 4 is 23.0 Å². The number of nitrogens with two attached hydrogens (primary N) is 1. The summed E-state index contributed by atoms with van der Waals surface area (Å²) >= 11 is 0. The number of alkyl halides is 3. The van der Waals surface area contributed by atoms with Crippen LogP contribution in [-0.4, -0.2) is 5.91 Å². The molecule has 3 rings (SSSR count). The quantitative estimate of drug-likeness (QED) is 0.294. The molecule has 0 fully saturated rings. The Morgan fingerprint density at radius 3 is 2.19 bits per heavy atom. The van der Waals surface area contributed by atoms with Crippen LogP contribution in [0, 0.1) is 5.82 Å². The molecule has 0 aliphatic heterocycles. The molecule has 0 unspecified atom stereocenters. The Balaban J connectivity index is 1.54. The summed E-state index contributed by atoms with van der Waals surface area (Å²) in [4.78, 5) is 12.2. The standard InChI is InChI=1S/C24H23F4N3O/c25-22-19(30-15-17-9-11-18(12-10-17)24(26,27)28)13-14-20(23(22)29)31-21(32)8-4-7-16-5-2-1-3-6-16/h1-3,5-6,9-14,30H,4,7-8,15,29H2,(H,31,32). The van der Waals surface area contributed by atoms with E-state index in [1.807, 2.05) is 30.3 Å². The predicted octanol–water partition coefficient (Wildman–Crippen LogP) is 6.00. The van der Waals surface area contributed by atoms with Crippen molar-refractivity contribution in [2.75, 3.05) is 16.4 Å². The van der Waals surface area contributed by atoms with E-state index in [9.17, 15) is 22.4 Å². The molecule has 0 radical (unpaired) electrons. The van der Waals surface area contributed by atoms with Crippen LogP contribution < -0.4 is 16.4 Å². The van der Waals surface area contributed by atoms with Crippen LogP contribution in [0.25, 0.3) is 0 Å². The number of anilines is 3. The molecule has 0 aromatic heterocycles. The number of rotatable bonds is 8. The average molecular weight is 445 g/mol. The molecule has 0 spiro atoms. The molecule has 0 bridgehead atoms. The molecule has 8 heteroatoms. The summed E-state index contributed by atoms with van der Waals surface area (Å²) < 4.78 is 52.5. The first-order valence-corrected chi connectivity index (χ1v) is 10.1. The number of carbonyl (C=O) groups is 1. The van der Waals surface area contributed by atoms with Gasteiger partial charge >= 0.3 is 6.18 Å². The van der Waals surface area contributed by atoms with E-state index in [0.29, 0.717) is 12.0 Å². The highest BCUT2D eigenvalue weighted by molar-refractivity contribution is 5.94. The molecule has 0 aliphatic carbocycles. The highest BCUT2D eigenvalue weighted by Crippen LogP contribution is 2.30. The fraction of sp³-hybridized carbons (Fsp3) is 0.208. The van der Waals surface area contributed by atoms with E-state index < -0.39 is 17.6 Å². The maximum absolute atomic E-state index is 14.6. The highest BCUT2D eigenvalue weighted by Gasteiger charge is 2.29. The number of aryl methyl sites for hydroxylation is 1. The van der Waals surface area contributed by atoms with E-state index in [4.69, 9.17) is 5.73 Å². The minimum absolute atomic E-state index is 0.0875. The van der Waals surface area contributed by atoms with Gasteiger partial charge in [-0.15, -0.1) is 0 Å². The maximum atomic E-state index is 14.6. The molecular formula is C24H23F4N3O. The summed E-state index contributed by atoms with van der Waals surface area (Å²) in [6.45, 7) is 0.111. The van der Waals surface area contributed by atoms with Gasteiger partial charge in [0.15, 0.2) is 5.82 Å². The zero-order valence-electron chi connectivity index (χ0n) is 17.2. The van der Waals surface area contributed by atoms with Crippen LogP contribution in [0.1, 0.15) is 29.5 Å². The van der Waals surface area contributed by atoms with E-state index >= 15 is 0 Å². The van der Waals surface area contributed by atoms with Crippen molar-refractivity contribution in [2.24, 2.45) is 0 Å². The molecule has 0 saturated carbocycles. The lowest BCUT2D eigenvalue weighted by atomic mass is 10.1. The van der Waals surface area contributed by atoms with Gasteiger partial charge in [0.05, 0.1) is 22.6 Å². The van der Waals surface area contributed by atoms with Crippen molar-refractivity contribution in [3.05, 3.63) is 89.2 Å². The number of hydrogen-bond donors (Lipinski definition) is 3.